The third kappa shape index (κ3) is 3.76. The van der Waals surface area contributed by atoms with Crippen LogP contribution in [-0.4, -0.2) is 40.0 Å². The summed E-state index contributed by atoms with van der Waals surface area (Å²) >= 11 is 0. The summed E-state index contributed by atoms with van der Waals surface area (Å²) in [6.07, 6.45) is 0. The van der Waals surface area contributed by atoms with Crippen molar-refractivity contribution in [3.63, 3.8) is 0 Å². The molecule has 62 valence electrons. The minimum absolute atomic E-state index is 0.0370. The quantitative estimate of drug-likeness (QED) is 0.549. The summed E-state index contributed by atoms with van der Waals surface area (Å²) in [5, 5.41) is 0. The van der Waals surface area contributed by atoms with Crippen LogP contribution in [0.15, 0.2) is 0 Å². The molecule has 0 aliphatic carbocycles. The summed E-state index contributed by atoms with van der Waals surface area (Å²) in [5.41, 5.74) is 0. The van der Waals surface area contributed by atoms with Gasteiger partial charge in [-0.15, -0.1) is 0 Å². The van der Waals surface area contributed by atoms with Gasteiger partial charge in [0.2, 0.25) is 0 Å². The van der Waals surface area contributed by atoms with Gasteiger partial charge in [-0.25, -0.2) is 0 Å². The van der Waals surface area contributed by atoms with Crippen molar-refractivity contribution in [1.82, 2.24) is 4.31 Å². The second-order valence-electron chi connectivity index (χ2n) is 1.76. The largest absolute Gasteiger partial charge is 0.383 e. The summed E-state index contributed by atoms with van der Waals surface area (Å²) in [7, 11) is -1.96. The first kappa shape index (κ1) is 9.80. The van der Waals surface area contributed by atoms with Crippen molar-refractivity contribution in [2.24, 2.45) is 0 Å². The van der Waals surface area contributed by atoms with E-state index in [0.29, 0.717) is 4.31 Å². The Hall–Kier alpha value is -0.200. The van der Waals surface area contributed by atoms with Gasteiger partial charge in [0, 0.05) is 20.7 Å². The van der Waals surface area contributed by atoms with Crippen LogP contribution in [0.3, 0.4) is 0 Å². The molecule has 0 rings (SSSR count). The van der Waals surface area contributed by atoms with Crippen molar-refractivity contribution in [3.8, 4) is 0 Å². The molecule has 0 unspecified atom stereocenters. The molecule has 0 heterocycles. The molecule has 0 saturated carbocycles. The molecule has 0 aliphatic heterocycles. The molecule has 0 radical (unpaired) electrons. The van der Waals surface area contributed by atoms with Gasteiger partial charge in [0.1, 0.15) is 0 Å². The molecule has 0 aromatic rings. The molecule has 0 aliphatic rings. The molecule has 0 N–H and O–H groups in total. The van der Waals surface area contributed by atoms with Crippen molar-refractivity contribution in [2.75, 3.05) is 27.3 Å². The lowest BCUT2D eigenvalue weighted by atomic mass is 10.7. The summed E-state index contributed by atoms with van der Waals surface area (Å²) in [6, 6.07) is 0. The topological polar surface area (TPSA) is 46.6 Å². The van der Waals surface area contributed by atoms with Crippen LogP contribution < -0.4 is 0 Å². The lowest BCUT2D eigenvalue weighted by Gasteiger charge is -2.08. The van der Waals surface area contributed by atoms with E-state index in [1.54, 1.807) is 0 Å². The maximum Gasteiger partial charge on any atom is 0.374 e. The Kier molecular flexibility index (Phi) is 3.77. The van der Waals surface area contributed by atoms with Crippen LogP contribution in [0.1, 0.15) is 0 Å². The molecule has 4 nitrogen and oxygen atoms in total. The average Bonchev–Trinajstić information content (AvgIpc) is 1.80. The number of ether oxygens (including phenoxy) is 1. The van der Waals surface area contributed by atoms with Crippen LogP contribution in [0.25, 0.3) is 0 Å². The molecular weight excluding hydrogens is 161 g/mol. The molecule has 0 fully saturated rings. The SMILES string of the molecule is COCCN(C)S(=O)(=O)F. The van der Waals surface area contributed by atoms with Crippen LogP contribution in [0.2, 0.25) is 0 Å². The second kappa shape index (κ2) is 3.85. The first-order chi connectivity index (χ1) is 4.48. The number of hydrogen-bond acceptors (Lipinski definition) is 3. The van der Waals surface area contributed by atoms with Crippen molar-refractivity contribution in [3.05, 3.63) is 0 Å². The van der Waals surface area contributed by atoms with Crippen LogP contribution >= 0.6 is 0 Å². The number of likely N-dealkylation sites (N-methyl/N-ethyl adjacent to an activating group) is 1. The zero-order valence-corrected chi connectivity index (χ0v) is 6.69. The van der Waals surface area contributed by atoms with Crippen molar-refractivity contribution >= 4 is 10.4 Å². The number of hydrogen-bond donors (Lipinski definition) is 0. The zero-order valence-electron chi connectivity index (χ0n) is 5.87. The molecule has 0 atom stereocenters. The van der Waals surface area contributed by atoms with E-state index >= 15 is 0 Å². The van der Waals surface area contributed by atoms with Crippen LogP contribution in [0.5, 0.6) is 0 Å². The Balaban J connectivity index is 3.75. The van der Waals surface area contributed by atoms with Crippen LogP contribution in [0.4, 0.5) is 3.89 Å². The molecule has 0 spiro atoms. The Labute approximate surface area is 59.9 Å². The lowest BCUT2D eigenvalue weighted by Crippen LogP contribution is -2.26. The van der Waals surface area contributed by atoms with Gasteiger partial charge in [-0.05, 0) is 0 Å². The normalized spacial score (nSPS) is 12.4. The highest BCUT2D eigenvalue weighted by atomic mass is 32.3. The molecule has 0 amide bonds. The monoisotopic (exact) mass is 171 g/mol. The summed E-state index contributed by atoms with van der Waals surface area (Å²) in [5.74, 6) is 0. The standard InChI is InChI=1S/C4H10FNO3S/c1-6(3-4-9-2)10(5,7)8/h3-4H2,1-2H3. The highest BCUT2D eigenvalue weighted by molar-refractivity contribution is 7.83. The molecule has 0 aromatic carbocycles. The summed E-state index contributed by atoms with van der Waals surface area (Å²) < 4.78 is 37.1. The van der Waals surface area contributed by atoms with Gasteiger partial charge in [0.15, 0.2) is 0 Å². The smallest absolute Gasteiger partial charge is 0.374 e. The zero-order chi connectivity index (χ0) is 8.20. The van der Waals surface area contributed by atoms with E-state index < -0.39 is 10.4 Å². The van der Waals surface area contributed by atoms with Gasteiger partial charge in [0.25, 0.3) is 0 Å². The van der Waals surface area contributed by atoms with Crippen LogP contribution in [0, 0.1) is 0 Å². The van der Waals surface area contributed by atoms with Gasteiger partial charge < -0.3 is 4.74 Å². The first-order valence-electron chi connectivity index (χ1n) is 2.63. The van der Waals surface area contributed by atoms with E-state index in [4.69, 9.17) is 0 Å². The van der Waals surface area contributed by atoms with Gasteiger partial charge in [-0.2, -0.15) is 12.7 Å². The Bertz CT molecular complexity index is 179. The number of methoxy groups -OCH3 is 1. The van der Waals surface area contributed by atoms with Gasteiger partial charge in [-0.3, -0.25) is 0 Å². The Morgan fingerprint density at radius 2 is 2.10 bits per heavy atom. The predicted octanol–water partition coefficient (Wildman–Crippen LogP) is -0.221. The maximum atomic E-state index is 11.9. The number of nitrogens with zero attached hydrogens (tertiary/aromatic N) is 1. The molecule has 6 heteroatoms. The van der Waals surface area contributed by atoms with Gasteiger partial charge >= 0.3 is 10.4 Å². The summed E-state index contributed by atoms with van der Waals surface area (Å²) in [6.45, 7) is 0.231. The fourth-order valence-corrected chi connectivity index (χ4v) is 0.621. The Morgan fingerprint density at radius 1 is 1.60 bits per heavy atom. The molecule has 0 bridgehead atoms. The van der Waals surface area contributed by atoms with Gasteiger partial charge in [0.05, 0.1) is 6.61 Å². The van der Waals surface area contributed by atoms with E-state index in [0.717, 1.165) is 7.05 Å². The minimum atomic E-state index is -4.52. The molecule has 10 heavy (non-hydrogen) atoms. The molecule has 0 saturated heterocycles. The van der Waals surface area contributed by atoms with E-state index in [2.05, 4.69) is 4.74 Å². The lowest BCUT2D eigenvalue weighted by molar-refractivity contribution is 0.183. The van der Waals surface area contributed by atoms with Crippen LogP contribution in [-0.2, 0) is 15.1 Å². The van der Waals surface area contributed by atoms with E-state index in [1.807, 2.05) is 0 Å². The average molecular weight is 171 g/mol. The maximum absolute atomic E-state index is 11.9. The number of halogens is 1. The second-order valence-corrected chi connectivity index (χ2v) is 3.20. The fraction of sp³-hybridized carbons (Fsp3) is 1.00. The molecule has 0 aromatic heterocycles. The fourth-order valence-electron chi connectivity index (χ4n) is 0.329. The van der Waals surface area contributed by atoms with E-state index in [9.17, 15) is 12.3 Å². The third-order valence-electron chi connectivity index (χ3n) is 0.983. The third-order valence-corrected chi connectivity index (χ3v) is 1.91. The minimum Gasteiger partial charge on any atom is -0.383 e. The number of rotatable bonds is 4. The van der Waals surface area contributed by atoms with Gasteiger partial charge in [-0.1, -0.05) is 3.89 Å². The summed E-state index contributed by atoms with van der Waals surface area (Å²) in [4.78, 5) is 0. The Morgan fingerprint density at radius 3 is 2.40 bits per heavy atom. The van der Waals surface area contributed by atoms with E-state index in [-0.39, 0.29) is 13.2 Å². The van der Waals surface area contributed by atoms with E-state index in [1.165, 1.54) is 7.11 Å². The predicted molar refractivity (Wildman–Crippen MR) is 34.5 cm³/mol. The highest BCUT2D eigenvalue weighted by Crippen LogP contribution is 1.96. The van der Waals surface area contributed by atoms with Crippen molar-refractivity contribution in [1.29, 1.82) is 0 Å². The highest BCUT2D eigenvalue weighted by Gasteiger charge is 2.13. The van der Waals surface area contributed by atoms with Crippen molar-refractivity contribution < 1.29 is 17.0 Å². The van der Waals surface area contributed by atoms with Crippen molar-refractivity contribution in [2.45, 2.75) is 0 Å². The molecular formula is C4H10FNO3S. The first-order valence-corrected chi connectivity index (χ1v) is 3.97.